The number of hydrogen-bond acceptors (Lipinski definition) is 5. The zero-order chi connectivity index (χ0) is 17.7. The molecule has 1 aromatic carbocycles. The van der Waals surface area contributed by atoms with Crippen molar-refractivity contribution in [1.29, 1.82) is 0 Å². The Kier molecular flexibility index (Phi) is 3.41. The molecular weight excluding hydrogens is 328 g/mol. The van der Waals surface area contributed by atoms with Gasteiger partial charge in [0.25, 0.3) is 5.91 Å². The van der Waals surface area contributed by atoms with Crippen molar-refractivity contribution < 1.29 is 4.79 Å². The number of benzene rings is 1. The zero-order valence-electron chi connectivity index (χ0n) is 14.6. The molecule has 2 aliphatic rings. The van der Waals surface area contributed by atoms with Crippen molar-refractivity contribution in [2.45, 2.75) is 0 Å². The lowest BCUT2D eigenvalue weighted by molar-refractivity contribution is 0.0776. The van der Waals surface area contributed by atoms with Gasteiger partial charge >= 0.3 is 0 Å². The molecular formula is C19H20N6O. The minimum Gasteiger partial charge on any atom is -0.342 e. The van der Waals surface area contributed by atoms with Crippen molar-refractivity contribution in [3.8, 4) is 0 Å². The van der Waals surface area contributed by atoms with Crippen LogP contribution >= 0.6 is 0 Å². The summed E-state index contributed by atoms with van der Waals surface area (Å²) < 4.78 is 2.17. The van der Waals surface area contributed by atoms with Gasteiger partial charge in [0.05, 0.1) is 17.2 Å². The Morgan fingerprint density at radius 1 is 1.08 bits per heavy atom. The number of aryl methyl sites for hydroxylation is 1. The molecule has 7 heteroatoms. The molecule has 5 rings (SSSR count). The second kappa shape index (κ2) is 5.79. The van der Waals surface area contributed by atoms with Crippen LogP contribution < -0.4 is 4.90 Å². The molecule has 0 bridgehead atoms. The fourth-order valence-corrected chi connectivity index (χ4v) is 4.31. The first kappa shape index (κ1) is 15.3. The average molecular weight is 348 g/mol. The first-order valence-electron chi connectivity index (χ1n) is 8.92. The highest BCUT2D eigenvalue weighted by Gasteiger charge is 2.43. The molecule has 2 fully saturated rings. The van der Waals surface area contributed by atoms with Crippen molar-refractivity contribution >= 4 is 22.9 Å². The Morgan fingerprint density at radius 3 is 2.54 bits per heavy atom. The number of fused-ring (bicyclic) bond motifs is 2. The number of hydrogen-bond donors (Lipinski definition) is 0. The molecule has 4 heterocycles. The van der Waals surface area contributed by atoms with Gasteiger partial charge in [-0.3, -0.25) is 9.78 Å². The van der Waals surface area contributed by atoms with Gasteiger partial charge < -0.3 is 14.4 Å². The van der Waals surface area contributed by atoms with Gasteiger partial charge in [-0.25, -0.2) is 9.97 Å². The molecule has 3 aromatic rings. The van der Waals surface area contributed by atoms with E-state index in [0.717, 1.165) is 43.2 Å². The average Bonchev–Trinajstić information content (AvgIpc) is 3.33. The summed E-state index contributed by atoms with van der Waals surface area (Å²) in [7, 11) is 2.07. The predicted octanol–water partition coefficient (Wildman–Crippen LogP) is 1.57. The summed E-state index contributed by atoms with van der Waals surface area (Å²) in [6.45, 7) is 3.43. The monoisotopic (exact) mass is 348 g/mol. The van der Waals surface area contributed by atoms with Crippen LogP contribution in [0.15, 0.2) is 42.9 Å². The maximum Gasteiger partial charge on any atom is 0.274 e. The molecule has 0 saturated carbocycles. The maximum absolute atomic E-state index is 12.6. The molecule has 2 aromatic heterocycles. The molecule has 1 amide bonds. The van der Waals surface area contributed by atoms with Gasteiger partial charge in [-0.05, 0) is 12.1 Å². The number of rotatable bonds is 2. The van der Waals surface area contributed by atoms with Crippen LogP contribution in [0.25, 0.3) is 11.0 Å². The van der Waals surface area contributed by atoms with Crippen LogP contribution in [0.2, 0.25) is 0 Å². The summed E-state index contributed by atoms with van der Waals surface area (Å²) in [5.41, 5.74) is 2.61. The van der Waals surface area contributed by atoms with Crippen molar-refractivity contribution in [2.75, 3.05) is 31.1 Å². The third kappa shape index (κ3) is 2.34. The number of amides is 1. The molecule has 7 nitrogen and oxygen atoms in total. The Morgan fingerprint density at radius 2 is 1.85 bits per heavy atom. The third-order valence-corrected chi connectivity index (χ3v) is 5.60. The Bertz CT molecular complexity index is 955. The Labute approximate surface area is 151 Å². The maximum atomic E-state index is 12.6. The van der Waals surface area contributed by atoms with Crippen LogP contribution in [0.4, 0.5) is 5.95 Å². The second-order valence-corrected chi connectivity index (χ2v) is 7.19. The van der Waals surface area contributed by atoms with Gasteiger partial charge in [0, 0.05) is 57.5 Å². The molecule has 0 N–H and O–H groups in total. The first-order chi connectivity index (χ1) is 12.7. The Balaban J connectivity index is 1.32. The summed E-state index contributed by atoms with van der Waals surface area (Å²) in [4.78, 5) is 29.8. The van der Waals surface area contributed by atoms with Crippen LogP contribution in [0, 0.1) is 11.8 Å². The van der Waals surface area contributed by atoms with E-state index in [-0.39, 0.29) is 5.91 Å². The number of imidazole rings is 1. The van der Waals surface area contributed by atoms with Gasteiger partial charge in [-0.1, -0.05) is 12.1 Å². The Hall–Kier alpha value is -2.96. The summed E-state index contributed by atoms with van der Waals surface area (Å²) in [5, 5.41) is 0. The lowest BCUT2D eigenvalue weighted by atomic mass is 10.0. The van der Waals surface area contributed by atoms with E-state index in [1.54, 1.807) is 18.6 Å². The highest BCUT2D eigenvalue weighted by Crippen LogP contribution is 2.34. The lowest BCUT2D eigenvalue weighted by Crippen LogP contribution is -2.34. The number of aromatic nitrogens is 4. The standard InChI is InChI=1S/C19H20N6O/c1-23-17-5-3-2-4-15(17)22-19(23)25-11-13-9-24(10-14(13)12-25)18(26)16-8-20-6-7-21-16/h2-8,13-14H,9-12H2,1H3. The van der Waals surface area contributed by atoms with E-state index in [9.17, 15) is 4.79 Å². The van der Waals surface area contributed by atoms with Crippen LogP contribution in [-0.4, -0.2) is 56.5 Å². The molecule has 0 aliphatic carbocycles. The number of likely N-dealkylation sites (tertiary alicyclic amines) is 1. The van der Waals surface area contributed by atoms with Crippen LogP contribution in [0.5, 0.6) is 0 Å². The van der Waals surface area contributed by atoms with Gasteiger partial charge in [0.1, 0.15) is 5.69 Å². The summed E-state index contributed by atoms with van der Waals surface area (Å²) in [6, 6.07) is 8.22. The topological polar surface area (TPSA) is 67.2 Å². The fraction of sp³-hybridized carbons (Fsp3) is 0.368. The van der Waals surface area contributed by atoms with Crippen molar-refractivity contribution in [1.82, 2.24) is 24.4 Å². The van der Waals surface area contributed by atoms with E-state index in [4.69, 9.17) is 4.98 Å². The normalized spacial score (nSPS) is 22.2. The fourth-order valence-electron chi connectivity index (χ4n) is 4.31. The van der Waals surface area contributed by atoms with E-state index in [1.165, 1.54) is 0 Å². The number of nitrogens with zero attached hydrogens (tertiary/aromatic N) is 6. The smallest absolute Gasteiger partial charge is 0.274 e. The molecule has 2 unspecified atom stereocenters. The molecule has 0 radical (unpaired) electrons. The molecule has 26 heavy (non-hydrogen) atoms. The molecule has 2 saturated heterocycles. The highest BCUT2D eigenvalue weighted by atomic mass is 16.2. The van der Waals surface area contributed by atoms with Crippen molar-refractivity contribution in [3.05, 3.63) is 48.5 Å². The number of carbonyl (C=O) groups is 1. The van der Waals surface area contributed by atoms with E-state index in [1.807, 2.05) is 17.0 Å². The SMILES string of the molecule is Cn1c(N2CC3CN(C(=O)c4cnccn4)CC3C2)nc2ccccc21. The van der Waals surface area contributed by atoms with Crippen molar-refractivity contribution in [2.24, 2.45) is 18.9 Å². The predicted molar refractivity (Wildman–Crippen MR) is 97.8 cm³/mol. The van der Waals surface area contributed by atoms with E-state index in [2.05, 4.69) is 38.6 Å². The minimum absolute atomic E-state index is 0.0122. The van der Waals surface area contributed by atoms with E-state index in [0.29, 0.717) is 17.5 Å². The molecule has 2 aliphatic heterocycles. The molecule has 132 valence electrons. The van der Waals surface area contributed by atoms with Gasteiger partial charge in [0.15, 0.2) is 0 Å². The van der Waals surface area contributed by atoms with Crippen LogP contribution in [0.3, 0.4) is 0 Å². The summed E-state index contributed by atoms with van der Waals surface area (Å²) in [6.07, 6.45) is 4.70. The summed E-state index contributed by atoms with van der Waals surface area (Å²) in [5.74, 6) is 1.97. The van der Waals surface area contributed by atoms with Crippen LogP contribution in [0.1, 0.15) is 10.5 Å². The largest absolute Gasteiger partial charge is 0.342 e. The first-order valence-corrected chi connectivity index (χ1v) is 8.92. The van der Waals surface area contributed by atoms with E-state index >= 15 is 0 Å². The number of anilines is 1. The summed E-state index contributed by atoms with van der Waals surface area (Å²) >= 11 is 0. The number of carbonyl (C=O) groups excluding carboxylic acids is 1. The molecule has 0 spiro atoms. The highest BCUT2D eigenvalue weighted by molar-refractivity contribution is 5.92. The van der Waals surface area contributed by atoms with Crippen LogP contribution in [-0.2, 0) is 7.05 Å². The van der Waals surface area contributed by atoms with Gasteiger partial charge in [0.2, 0.25) is 5.95 Å². The zero-order valence-corrected chi connectivity index (χ0v) is 14.6. The number of para-hydroxylation sites is 2. The van der Waals surface area contributed by atoms with Crippen molar-refractivity contribution in [3.63, 3.8) is 0 Å². The van der Waals surface area contributed by atoms with Gasteiger partial charge in [-0.15, -0.1) is 0 Å². The molecule has 2 atom stereocenters. The van der Waals surface area contributed by atoms with E-state index < -0.39 is 0 Å². The third-order valence-electron chi connectivity index (χ3n) is 5.60. The van der Waals surface area contributed by atoms with Gasteiger partial charge in [-0.2, -0.15) is 0 Å². The minimum atomic E-state index is -0.0122. The quantitative estimate of drug-likeness (QED) is 0.703. The lowest BCUT2D eigenvalue weighted by Gasteiger charge is -2.22. The second-order valence-electron chi connectivity index (χ2n) is 7.19.